The van der Waals surface area contributed by atoms with E-state index in [1.807, 2.05) is 24.4 Å². The minimum atomic E-state index is -0.740. The third-order valence-electron chi connectivity index (χ3n) is 2.71. The Morgan fingerprint density at radius 2 is 1.95 bits per heavy atom. The number of rotatable bonds is 4. The summed E-state index contributed by atoms with van der Waals surface area (Å²) in [5.74, 6) is -1.85. The maximum atomic E-state index is 13.1. The molecule has 2 nitrogen and oxygen atoms in total. The van der Waals surface area contributed by atoms with Gasteiger partial charge in [-0.05, 0) is 30.5 Å². The van der Waals surface area contributed by atoms with E-state index in [1.54, 1.807) is 16.2 Å². The normalized spacial score (nSPS) is 10.5. The average molecular weight is 281 g/mol. The molecule has 1 amide bonds. The number of benzene rings is 1. The van der Waals surface area contributed by atoms with Crippen LogP contribution in [0, 0.1) is 11.6 Å². The molecule has 0 aliphatic carbocycles. The Kier molecular flexibility index (Phi) is 4.27. The smallest absolute Gasteiger partial charge is 0.254 e. The van der Waals surface area contributed by atoms with Crippen LogP contribution in [0.5, 0.6) is 0 Å². The highest BCUT2D eigenvalue weighted by molar-refractivity contribution is 7.09. The lowest BCUT2D eigenvalue weighted by atomic mass is 10.2. The largest absolute Gasteiger partial charge is 0.334 e. The van der Waals surface area contributed by atoms with Gasteiger partial charge in [-0.15, -0.1) is 11.3 Å². The number of hydrogen-bond acceptors (Lipinski definition) is 2. The number of halogens is 2. The van der Waals surface area contributed by atoms with Crippen LogP contribution in [-0.4, -0.2) is 17.4 Å². The molecule has 0 aliphatic heterocycles. The monoisotopic (exact) mass is 281 g/mol. The molecule has 1 heterocycles. The van der Waals surface area contributed by atoms with Crippen molar-refractivity contribution in [2.24, 2.45) is 0 Å². The maximum absolute atomic E-state index is 13.1. The molecule has 0 atom stereocenters. The van der Waals surface area contributed by atoms with E-state index < -0.39 is 11.6 Å². The first kappa shape index (κ1) is 13.7. The van der Waals surface area contributed by atoms with Gasteiger partial charge in [-0.25, -0.2) is 8.78 Å². The first-order chi connectivity index (χ1) is 9.10. The zero-order chi connectivity index (χ0) is 13.8. The lowest BCUT2D eigenvalue weighted by Crippen LogP contribution is -2.30. The summed E-state index contributed by atoms with van der Waals surface area (Å²) in [5.41, 5.74) is 0.0379. The van der Waals surface area contributed by atoms with Crippen molar-refractivity contribution in [3.63, 3.8) is 0 Å². The molecule has 1 aromatic heterocycles. The molecule has 0 fully saturated rings. The number of amides is 1. The molecule has 0 unspecified atom stereocenters. The topological polar surface area (TPSA) is 20.3 Å². The van der Waals surface area contributed by atoms with Gasteiger partial charge < -0.3 is 4.90 Å². The summed E-state index contributed by atoms with van der Waals surface area (Å²) in [6.45, 7) is 2.77. The quantitative estimate of drug-likeness (QED) is 0.837. The van der Waals surface area contributed by atoms with E-state index in [-0.39, 0.29) is 11.5 Å². The standard InChI is InChI=1S/C14H13F2NOS/c1-2-17(9-13-4-3-5-19-13)14(18)10-6-11(15)8-12(16)7-10/h3-8H,2,9H2,1H3. The molecule has 2 rings (SSSR count). The summed E-state index contributed by atoms with van der Waals surface area (Å²) >= 11 is 1.54. The van der Waals surface area contributed by atoms with Crippen molar-refractivity contribution in [2.75, 3.05) is 6.54 Å². The highest BCUT2D eigenvalue weighted by Crippen LogP contribution is 2.15. The average Bonchev–Trinajstić information content (AvgIpc) is 2.86. The SMILES string of the molecule is CCN(Cc1cccs1)C(=O)c1cc(F)cc(F)c1. The molecule has 100 valence electrons. The molecule has 5 heteroatoms. The first-order valence-corrected chi connectivity index (χ1v) is 6.76. The van der Waals surface area contributed by atoms with Crippen molar-refractivity contribution in [2.45, 2.75) is 13.5 Å². The van der Waals surface area contributed by atoms with Crippen molar-refractivity contribution in [3.8, 4) is 0 Å². The predicted molar refractivity (Wildman–Crippen MR) is 71.1 cm³/mol. The highest BCUT2D eigenvalue weighted by atomic mass is 32.1. The second kappa shape index (κ2) is 5.93. The van der Waals surface area contributed by atoms with E-state index >= 15 is 0 Å². The number of carbonyl (C=O) groups is 1. The molecule has 0 spiro atoms. The number of thiophene rings is 1. The van der Waals surface area contributed by atoms with Gasteiger partial charge in [-0.2, -0.15) is 0 Å². The molecule has 0 aliphatic rings. The van der Waals surface area contributed by atoms with Gasteiger partial charge >= 0.3 is 0 Å². The Bertz CT molecular complexity index is 549. The van der Waals surface area contributed by atoms with Crippen molar-refractivity contribution >= 4 is 17.2 Å². The lowest BCUT2D eigenvalue weighted by Gasteiger charge is -2.20. The number of carbonyl (C=O) groups excluding carboxylic acids is 1. The summed E-state index contributed by atoms with van der Waals surface area (Å²) in [7, 11) is 0. The van der Waals surface area contributed by atoms with Crippen LogP contribution in [0.1, 0.15) is 22.2 Å². The van der Waals surface area contributed by atoms with E-state index in [4.69, 9.17) is 0 Å². The zero-order valence-corrected chi connectivity index (χ0v) is 11.2. The van der Waals surface area contributed by atoms with Gasteiger partial charge in [0.05, 0.1) is 6.54 Å². The Hall–Kier alpha value is -1.75. The number of nitrogens with zero attached hydrogens (tertiary/aromatic N) is 1. The van der Waals surface area contributed by atoms with Crippen LogP contribution in [0.3, 0.4) is 0 Å². The summed E-state index contributed by atoms with van der Waals surface area (Å²) < 4.78 is 26.2. The minimum absolute atomic E-state index is 0.0379. The molecule has 19 heavy (non-hydrogen) atoms. The van der Waals surface area contributed by atoms with E-state index in [1.165, 1.54) is 0 Å². The highest BCUT2D eigenvalue weighted by Gasteiger charge is 2.16. The third-order valence-corrected chi connectivity index (χ3v) is 3.57. The van der Waals surface area contributed by atoms with Gasteiger partial charge in [0.15, 0.2) is 0 Å². The van der Waals surface area contributed by atoms with Gasteiger partial charge in [-0.1, -0.05) is 6.07 Å². The molecule has 1 aromatic carbocycles. The van der Waals surface area contributed by atoms with Crippen molar-refractivity contribution in [3.05, 3.63) is 57.8 Å². The van der Waals surface area contributed by atoms with Crippen LogP contribution in [-0.2, 0) is 6.54 Å². The molecular formula is C14H13F2NOS. The van der Waals surface area contributed by atoms with Crippen molar-refractivity contribution < 1.29 is 13.6 Å². The Morgan fingerprint density at radius 3 is 2.47 bits per heavy atom. The fraction of sp³-hybridized carbons (Fsp3) is 0.214. The van der Waals surface area contributed by atoms with Crippen LogP contribution in [0.2, 0.25) is 0 Å². The van der Waals surface area contributed by atoms with Crippen LogP contribution in [0.4, 0.5) is 8.78 Å². The third kappa shape index (κ3) is 3.38. The van der Waals surface area contributed by atoms with E-state index in [0.29, 0.717) is 13.1 Å². The summed E-state index contributed by atoms with van der Waals surface area (Å²) in [5, 5.41) is 1.93. The predicted octanol–water partition coefficient (Wildman–Crippen LogP) is 3.69. The summed E-state index contributed by atoms with van der Waals surface area (Å²) in [6, 6.07) is 6.70. The summed E-state index contributed by atoms with van der Waals surface area (Å²) in [6.07, 6.45) is 0. The second-order valence-electron chi connectivity index (χ2n) is 4.06. The molecule has 0 N–H and O–H groups in total. The van der Waals surface area contributed by atoms with Gasteiger partial charge in [-0.3, -0.25) is 4.79 Å². The molecule has 0 bridgehead atoms. The molecule has 0 saturated heterocycles. The molecule has 0 saturated carbocycles. The van der Waals surface area contributed by atoms with E-state index in [9.17, 15) is 13.6 Å². The molecule has 0 radical (unpaired) electrons. The maximum Gasteiger partial charge on any atom is 0.254 e. The Morgan fingerprint density at radius 1 is 1.26 bits per heavy atom. The van der Waals surface area contributed by atoms with E-state index in [2.05, 4.69) is 0 Å². The number of hydrogen-bond donors (Lipinski definition) is 0. The van der Waals surface area contributed by atoms with Crippen LogP contribution >= 0.6 is 11.3 Å². The zero-order valence-electron chi connectivity index (χ0n) is 10.4. The van der Waals surface area contributed by atoms with Crippen LogP contribution < -0.4 is 0 Å². The first-order valence-electron chi connectivity index (χ1n) is 5.88. The Labute approximate surface area is 114 Å². The van der Waals surface area contributed by atoms with E-state index in [0.717, 1.165) is 23.1 Å². The van der Waals surface area contributed by atoms with Crippen molar-refractivity contribution in [1.82, 2.24) is 4.90 Å². The molecular weight excluding hydrogens is 268 g/mol. The van der Waals surface area contributed by atoms with Gasteiger partial charge in [0.1, 0.15) is 11.6 Å². The fourth-order valence-corrected chi connectivity index (χ4v) is 2.50. The Balaban J connectivity index is 2.20. The lowest BCUT2D eigenvalue weighted by molar-refractivity contribution is 0.0753. The van der Waals surface area contributed by atoms with Crippen molar-refractivity contribution in [1.29, 1.82) is 0 Å². The van der Waals surface area contributed by atoms with Crippen LogP contribution in [0.25, 0.3) is 0 Å². The van der Waals surface area contributed by atoms with Gasteiger partial charge in [0.25, 0.3) is 5.91 Å². The van der Waals surface area contributed by atoms with Gasteiger partial charge in [0, 0.05) is 23.1 Å². The summed E-state index contributed by atoms with van der Waals surface area (Å²) in [4.78, 5) is 14.8. The second-order valence-corrected chi connectivity index (χ2v) is 5.09. The fourth-order valence-electron chi connectivity index (χ4n) is 1.78. The van der Waals surface area contributed by atoms with Gasteiger partial charge in [0.2, 0.25) is 0 Å². The molecule has 2 aromatic rings. The minimum Gasteiger partial charge on any atom is -0.334 e. The van der Waals surface area contributed by atoms with Crippen LogP contribution in [0.15, 0.2) is 35.7 Å².